The molecular weight excluding hydrogens is 262 g/mol. The number of rotatable bonds is 6. The van der Waals surface area contributed by atoms with Gasteiger partial charge >= 0.3 is 0 Å². The molecule has 4 nitrogen and oxygen atoms in total. The van der Waals surface area contributed by atoms with Gasteiger partial charge < -0.3 is 4.74 Å². The summed E-state index contributed by atoms with van der Waals surface area (Å²) < 4.78 is 7.13. The highest BCUT2D eigenvalue weighted by Crippen LogP contribution is 2.16. The maximum absolute atomic E-state index is 5.93. The van der Waals surface area contributed by atoms with Crippen LogP contribution >= 0.6 is 11.6 Å². The summed E-state index contributed by atoms with van der Waals surface area (Å²) in [6.07, 6.45) is 5.52. The van der Waals surface area contributed by atoms with E-state index in [1.165, 1.54) is 0 Å². The molecule has 19 heavy (non-hydrogen) atoms. The van der Waals surface area contributed by atoms with Crippen LogP contribution < -0.4 is 4.74 Å². The molecule has 0 aliphatic carbocycles. The normalized spacial score (nSPS) is 10.7. The smallest absolute Gasteiger partial charge is 0.157 e. The lowest BCUT2D eigenvalue weighted by Gasteiger charge is -2.06. The quantitative estimate of drug-likeness (QED) is 0.761. The second-order valence-electron chi connectivity index (χ2n) is 4.26. The lowest BCUT2D eigenvalue weighted by molar-refractivity contribution is 0.340. The van der Waals surface area contributed by atoms with E-state index in [1.54, 1.807) is 10.9 Å². The van der Waals surface area contributed by atoms with Crippen molar-refractivity contribution in [3.8, 4) is 11.6 Å². The molecule has 0 bridgehead atoms. The van der Waals surface area contributed by atoms with Gasteiger partial charge in [0.15, 0.2) is 11.6 Å². The molecule has 0 atom stereocenters. The van der Waals surface area contributed by atoms with Gasteiger partial charge in [-0.25, -0.2) is 9.67 Å². The Morgan fingerprint density at radius 2 is 2.16 bits per heavy atom. The summed E-state index contributed by atoms with van der Waals surface area (Å²) in [6.45, 7) is 4.71. The zero-order valence-corrected chi connectivity index (χ0v) is 12.0. The van der Waals surface area contributed by atoms with Crippen molar-refractivity contribution in [2.75, 3.05) is 6.61 Å². The fourth-order valence-electron chi connectivity index (χ4n) is 1.88. The zero-order valence-electron chi connectivity index (χ0n) is 11.3. The fourth-order valence-corrected chi connectivity index (χ4v) is 2.04. The Balaban J connectivity index is 2.33. The molecule has 0 spiro atoms. The third-order valence-electron chi connectivity index (χ3n) is 2.69. The molecule has 0 fully saturated rings. The van der Waals surface area contributed by atoms with Crippen molar-refractivity contribution in [2.24, 2.45) is 0 Å². The summed E-state index contributed by atoms with van der Waals surface area (Å²) in [5, 5.41) is 4.27. The highest BCUT2D eigenvalue weighted by Gasteiger charge is 2.06. The number of pyridine rings is 1. The van der Waals surface area contributed by atoms with Gasteiger partial charge in [-0.1, -0.05) is 13.3 Å². The van der Waals surface area contributed by atoms with Crippen molar-refractivity contribution in [3.63, 3.8) is 0 Å². The van der Waals surface area contributed by atoms with Crippen molar-refractivity contribution < 1.29 is 4.74 Å². The molecule has 2 aromatic heterocycles. The third-order valence-corrected chi connectivity index (χ3v) is 3.00. The topological polar surface area (TPSA) is 39.9 Å². The average molecular weight is 280 g/mol. The molecule has 2 heterocycles. The molecule has 2 aromatic rings. The second kappa shape index (κ2) is 6.57. The molecule has 0 N–H and O–H groups in total. The third kappa shape index (κ3) is 3.47. The molecule has 0 aliphatic rings. The number of aromatic nitrogens is 3. The predicted octanol–water partition coefficient (Wildman–Crippen LogP) is 3.36. The Hall–Kier alpha value is -1.55. The van der Waals surface area contributed by atoms with Crippen LogP contribution in [0, 0.1) is 0 Å². The van der Waals surface area contributed by atoms with Crippen LogP contribution in [0.25, 0.3) is 5.82 Å². The lowest BCUT2D eigenvalue weighted by atomic mass is 10.2. The summed E-state index contributed by atoms with van der Waals surface area (Å²) in [4.78, 5) is 4.60. The standard InChI is InChI=1S/C14H18ClN3O/c1-3-5-12-6-11(8-15)7-14(17-12)18-10-13(9-16-18)19-4-2/h6-7,9-10H,3-5,8H2,1-2H3. The van der Waals surface area contributed by atoms with Crippen LogP contribution in [0.15, 0.2) is 24.5 Å². The van der Waals surface area contributed by atoms with Crippen LogP contribution in [0.2, 0.25) is 0 Å². The van der Waals surface area contributed by atoms with Gasteiger partial charge in [0.1, 0.15) is 0 Å². The first-order chi connectivity index (χ1) is 9.26. The highest BCUT2D eigenvalue weighted by molar-refractivity contribution is 6.17. The number of hydrogen-bond acceptors (Lipinski definition) is 3. The molecule has 0 aromatic carbocycles. The van der Waals surface area contributed by atoms with Crippen molar-refractivity contribution >= 4 is 11.6 Å². The number of nitrogens with zero attached hydrogens (tertiary/aromatic N) is 3. The monoisotopic (exact) mass is 279 g/mol. The Labute approximate surface area is 118 Å². The molecule has 0 saturated carbocycles. The van der Waals surface area contributed by atoms with Crippen LogP contribution in [0.5, 0.6) is 5.75 Å². The van der Waals surface area contributed by atoms with Crippen molar-refractivity contribution in [3.05, 3.63) is 35.8 Å². The fraction of sp³-hybridized carbons (Fsp3) is 0.429. The van der Waals surface area contributed by atoms with Gasteiger partial charge in [0.2, 0.25) is 0 Å². The highest BCUT2D eigenvalue weighted by atomic mass is 35.5. The average Bonchev–Trinajstić information content (AvgIpc) is 2.88. The van der Waals surface area contributed by atoms with Gasteiger partial charge in [0.25, 0.3) is 0 Å². The first-order valence-electron chi connectivity index (χ1n) is 6.50. The molecular formula is C14H18ClN3O. The summed E-state index contributed by atoms with van der Waals surface area (Å²) >= 11 is 5.93. The number of alkyl halides is 1. The van der Waals surface area contributed by atoms with Crippen molar-refractivity contribution in [1.29, 1.82) is 0 Å². The van der Waals surface area contributed by atoms with Gasteiger partial charge in [-0.05, 0) is 31.0 Å². The Morgan fingerprint density at radius 1 is 1.32 bits per heavy atom. The van der Waals surface area contributed by atoms with Gasteiger partial charge in [0.05, 0.1) is 19.0 Å². The van der Waals surface area contributed by atoms with E-state index in [0.29, 0.717) is 12.5 Å². The van der Waals surface area contributed by atoms with Crippen molar-refractivity contribution in [1.82, 2.24) is 14.8 Å². The summed E-state index contributed by atoms with van der Waals surface area (Å²) in [6, 6.07) is 4.00. The van der Waals surface area contributed by atoms with Gasteiger partial charge in [-0.3, -0.25) is 0 Å². The first-order valence-corrected chi connectivity index (χ1v) is 7.04. The summed E-state index contributed by atoms with van der Waals surface area (Å²) in [7, 11) is 0. The maximum atomic E-state index is 5.93. The van der Waals surface area contributed by atoms with Crippen LogP contribution in [0.3, 0.4) is 0 Å². The van der Waals surface area contributed by atoms with Crippen LogP contribution in [0.4, 0.5) is 0 Å². The van der Waals surface area contributed by atoms with Gasteiger partial charge in [-0.15, -0.1) is 11.6 Å². The van der Waals surface area contributed by atoms with Gasteiger partial charge in [0, 0.05) is 11.6 Å². The minimum Gasteiger partial charge on any atom is -0.491 e. The minimum absolute atomic E-state index is 0.478. The SMILES string of the molecule is CCCc1cc(CCl)cc(-n2cc(OCC)cn2)n1. The largest absolute Gasteiger partial charge is 0.491 e. The van der Waals surface area contributed by atoms with Crippen LogP contribution in [-0.4, -0.2) is 21.4 Å². The summed E-state index contributed by atoms with van der Waals surface area (Å²) in [5.74, 6) is 2.01. The molecule has 0 aliphatic heterocycles. The van der Waals surface area contributed by atoms with E-state index < -0.39 is 0 Å². The van der Waals surface area contributed by atoms with E-state index in [9.17, 15) is 0 Å². The predicted molar refractivity (Wildman–Crippen MR) is 76.1 cm³/mol. The first kappa shape index (κ1) is 13.9. The summed E-state index contributed by atoms with van der Waals surface area (Å²) in [5.41, 5.74) is 2.10. The van der Waals surface area contributed by atoms with Crippen LogP contribution in [0.1, 0.15) is 31.5 Å². The van der Waals surface area contributed by atoms with E-state index in [2.05, 4.69) is 17.0 Å². The van der Waals surface area contributed by atoms with Crippen LogP contribution in [-0.2, 0) is 12.3 Å². The molecule has 2 rings (SSSR count). The van der Waals surface area contributed by atoms with E-state index in [0.717, 1.165) is 35.7 Å². The number of ether oxygens (including phenoxy) is 1. The molecule has 5 heteroatoms. The number of hydrogen-bond donors (Lipinski definition) is 0. The number of halogens is 1. The van der Waals surface area contributed by atoms with E-state index in [4.69, 9.17) is 16.3 Å². The number of aryl methyl sites for hydroxylation is 1. The Morgan fingerprint density at radius 3 is 2.84 bits per heavy atom. The molecule has 0 radical (unpaired) electrons. The molecule has 102 valence electrons. The molecule has 0 amide bonds. The van der Waals surface area contributed by atoms with Crippen molar-refractivity contribution in [2.45, 2.75) is 32.6 Å². The Kier molecular flexibility index (Phi) is 4.80. The van der Waals surface area contributed by atoms with E-state index >= 15 is 0 Å². The Bertz CT molecular complexity index is 539. The lowest BCUT2D eigenvalue weighted by Crippen LogP contribution is -2.02. The maximum Gasteiger partial charge on any atom is 0.157 e. The second-order valence-corrected chi connectivity index (χ2v) is 4.53. The van der Waals surface area contributed by atoms with E-state index in [-0.39, 0.29) is 0 Å². The zero-order chi connectivity index (χ0) is 13.7. The molecule has 0 saturated heterocycles. The molecule has 0 unspecified atom stereocenters. The minimum atomic E-state index is 0.478. The van der Waals surface area contributed by atoms with E-state index in [1.807, 2.05) is 25.3 Å². The van der Waals surface area contributed by atoms with Gasteiger partial charge in [-0.2, -0.15) is 5.10 Å².